The number of imide groups is 1. The molecule has 1 heterocycles. The zero-order chi connectivity index (χ0) is 16.7. The summed E-state index contributed by atoms with van der Waals surface area (Å²) in [5.74, 6) is 0.482. The van der Waals surface area contributed by atoms with Crippen LogP contribution in [0.3, 0.4) is 0 Å². The van der Waals surface area contributed by atoms with E-state index < -0.39 is 3.12 Å². The standard InChI is InChI=1S/C16H18Cl3NO2S/c1-15(2)7-5-10-8(11(15)6-7)3-4-9-12(10)14(22)20(13(9)21)23-16(17,18)19/h3,7,9-12H,4-6H2,1-2H3. The maximum Gasteiger partial charge on any atom is 0.256 e. The van der Waals surface area contributed by atoms with E-state index in [4.69, 9.17) is 34.8 Å². The minimum atomic E-state index is -1.70. The molecule has 1 saturated heterocycles. The monoisotopic (exact) mass is 393 g/mol. The minimum absolute atomic E-state index is 0.175. The second-order valence-electron chi connectivity index (χ2n) is 7.73. The van der Waals surface area contributed by atoms with Crippen LogP contribution in [0.4, 0.5) is 0 Å². The fraction of sp³-hybridized carbons (Fsp3) is 0.750. The number of hydrogen-bond donors (Lipinski definition) is 0. The topological polar surface area (TPSA) is 37.4 Å². The first-order valence-corrected chi connectivity index (χ1v) is 9.85. The molecule has 1 aliphatic heterocycles. The molecule has 7 heteroatoms. The summed E-state index contributed by atoms with van der Waals surface area (Å²) in [6.07, 6.45) is 5.08. The van der Waals surface area contributed by atoms with Crippen LogP contribution >= 0.6 is 46.8 Å². The molecule has 0 spiro atoms. The predicted molar refractivity (Wildman–Crippen MR) is 92.9 cm³/mol. The fourth-order valence-corrected chi connectivity index (χ4v) is 6.47. The van der Waals surface area contributed by atoms with Gasteiger partial charge in [0.25, 0.3) is 3.12 Å². The van der Waals surface area contributed by atoms with Crippen LogP contribution in [-0.4, -0.2) is 19.2 Å². The largest absolute Gasteiger partial charge is 0.273 e. The Bertz CT molecular complexity index is 627. The second kappa shape index (κ2) is 5.06. The van der Waals surface area contributed by atoms with Gasteiger partial charge in [0.05, 0.1) is 11.8 Å². The molecule has 0 N–H and O–H groups in total. The Morgan fingerprint density at radius 1 is 1.17 bits per heavy atom. The number of nitrogens with zero attached hydrogens (tertiary/aromatic N) is 1. The van der Waals surface area contributed by atoms with Crippen molar-refractivity contribution in [2.24, 2.45) is 35.0 Å². The van der Waals surface area contributed by atoms with Gasteiger partial charge in [-0.3, -0.25) is 9.59 Å². The molecule has 0 aromatic heterocycles. The van der Waals surface area contributed by atoms with E-state index in [0.717, 1.165) is 10.7 Å². The molecule has 4 fully saturated rings. The summed E-state index contributed by atoms with van der Waals surface area (Å²) >= 11 is 18.0. The fourth-order valence-electron chi connectivity index (χ4n) is 5.21. The van der Waals surface area contributed by atoms with Crippen LogP contribution < -0.4 is 0 Å². The summed E-state index contributed by atoms with van der Waals surface area (Å²) < 4.78 is -0.601. The van der Waals surface area contributed by atoms with E-state index in [1.165, 1.54) is 12.0 Å². The Labute approximate surface area is 155 Å². The average molecular weight is 395 g/mol. The lowest BCUT2D eigenvalue weighted by atomic mass is 9.42. The summed E-state index contributed by atoms with van der Waals surface area (Å²) in [4.78, 5) is 25.4. The van der Waals surface area contributed by atoms with E-state index in [9.17, 15) is 9.59 Å². The van der Waals surface area contributed by atoms with E-state index >= 15 is 0 Å². The summed E-state index contributed by atoms with van der Waals surface area (Å²) in [5.41, 5.74) is 1.73. The van der Waals surface area contributed by atoms with Crippen LogP contribution in [0.1, 0.15) is 33.1 Å². The highest BCUT2D eigenvalue weighted by molar-refractivity contribution is 8.03. The van der Waals surface area contributed by atoms with Crippen molar-refractivity contribution in [3.63, 3.8) is 0 Å². The first-order chi connectivity index (χ1) is 10.6. The van der Waals surface area contributed by atoms with Crippen molar-refractivity contribution < 1.29 is 9.59 Å². The normalized spacial score (nSPS) is 41.2. The van der Waals surface area contributed by atoms with Crippen LogP contribution in [0.2, 0.25) is 0 Å². The maximum atomic E-state index is 12.8. The molecule has 126 valence electrons. The molecule has 3 saturated carbocycles. The lowest BCUT2D eigenvalue weighted by molar-refractivity contribution is -0.134. The third-order valence-electron chi connectivity index (χ3n) is 6.51. The van der Waals surface area contributed by atoms with Crippen molar-refractivity contribution in [2.75, 3.05) is 0 Å². The van der Waals surface area contributed by atoms with Gasteiger partial charge in [0.2, 0.25) is 11.8 Å². The van der Waals surface area contributed by atoms with Crippen molar-refractivity contribution in [1.29, 1.82) is 0 Å². The van der Waals surface area contributed by atoms with E-state index in [1.54, 1.807) is 0 Å². The molecule has 0 aromatic rings. The number of hydrogen-bond acceptors (Lipinski definition) is 3. The summed E-state index contributed by atoms with van der Waals surface area (Å²) in [6, 6.07) is 0. The first-order valence-electron chi connectivity index (χ1n) is 7.95. The van der Waals surface area contributed by atoms with Gasteiger partial charge in [-0.15, -0.1) is 0 Å². The Kier molecular flexibility index (Phi) is 3.64. The summed E-state index contributed by atoms with van der Waals surface area (Å²) in [5, 5.41) is 0. The third kappa shape index (κ3) is 2.32. The zero-order valence-electron chi connectivity index (χ0n) is 12.9. The Morgan fingerprint density at radius 2 is 1.87 bits per heavy atom. The molecule has 0 aromatic carbocycles. The number of allylic oxidation sites excluding steroid dienone is 2. The lowest BCUT2D eigenvalue weighted by Crippen LogP contribution is -2.55. The molecule has 23 heavy (non-hydrogen) atoms. The Hall–Kier alpha value is 0.1000. The van der Waals surface area contributed by atoms with Crippen molar-refractivity contribution in [2.45, 2.75) is 36.2 Å². The first kappa shape index (κ1) is 16.6. The van der Waals surface area contributed by atoms with Crippen molar-refractivity contribution in [1.82, 2.24) is 4.31 Å². The molecule has 3 nitrogen and oxygen atoms in total. The molecule has 2 bridgehead atoms. The van der Waals surface area contributed by atoms with Crippen LogP contribution in [-0.2, 0) is 9.59 Å². The summed E-state index contributed by atoms with van der Waals surface area (Å²) in [7, 11) is 0. The number of rotatable bonds is 1. The van der Waals surface area contributed by atoms with Gasteiger partial charge in [-0.2, -0.15) is 0 Å². The molecular formula is C16H18Cl3NO2S. The SMILES string of the molecule is CC1(C)C2CC3C(=CCC4C(=O)N(SC(Cl)(Cl)Cl)C(=O)C43)C1C2. The van der Waals surface area contributed by atoms with Crippen molar-refractivity contribution in [3.8, 4) is 0 Å². The highest BCUT2D eigenvalue weighted by Gasteiger charge is 2.62. The van der Waals surface area contributed by atoms with Crippen LogP contribution in [0.15, 0.2) is 11.6 Å². The number of halogens is 3. The quantitative estimate of drug-likeness (QED) is 0.283. The zero-order valence-corrected chi connectivity index (χ0v) is 16.0. The molecule has 2 amide bonds. The van der Waals surface area contributed by atoms with Gasteiger partial charge in [-0.25, -0.2) is 4.31 Å². The van der Waals surface area contributed by atoms with Gasteiger partial charge >= 0.3 is 0 Å². The highest BCUT2D eigenvalue weighted by Crippen LogP contribution is 2.66. The third-order valence-corrected chi connectivity index (χ3v) is 7.88. The molecule has 5 unspecified atom stereocenters. The van der Waals surface area contributed by atoms with Gasteiger partial charge < -0.3 is 0 Å². The van der Waals surface area contributed by atoms with E-state index in [2.05, 4.69) is 19.9 Å². The number of carbonyl (C=O) groups is 2. The molecule has 5 atom stereocenters. The van der Waals surface area contributed by atoms with Gasteiger partial charge in [0, 0.05) is 11.9 Å². The minimum Gasteiger partial charge on any atom is -0.273 e. The molecule has 0 radical (unpaired) electrons. The van der Waals surface area contributed by atoms with Gasteiger partial charge in [0.1, 0.15) is 0 Å². The second-order valence-corrected chi connectivity index (χ2v) is 11.8. The van der Waals surface area contributed by atoms with Crippen molar-refractivity contribution in [3.05, 3.63) is 11.6 Å². The number of amides is 2. The summed E-state index contributed by atoms with van der Waals surface area (Å²) in [6.45, 7) is 4.64. The molecule has 5 aliphatic rings. The Balaban J connectivity index is 1.64. The van der Waals surface area contributed by atoms with Crippen LogP contribution in [0.5, 0.6) is 0 Å². The predicted octanol–water partition coefficient (Wildman–Crippen LogP) is 4.58. The van der Waals surface area contributed by atoms with E-state index in [0.29, 0.717) is 35.6 Å². The number of alkyl halides is 3. The lowest BCUT2D eigenvalue weighted by Gasteiger charge is -2.62. The Morgan fingerprint density at radius 3 is 2.48 bits per heavy atom. The smallest absolute Gasteiger partial charge is 0.256 e. The molecule has 4 aliphatic carbocycles. The van der Waals surface area contributed by atoms with E-state index in [1.807, 2.05) is 0 Å². The van der Waals surface area contributed by atoms with Gasteiger partial charge in [0.15, 0.2) is 0 Å². The molecule has 5 rings (SSSR count). The van der Waals surface area contributed by atoms with Crippen LogP contribution in [0, 0.1) is 35.0 Å². The van der Waals surface area contributed by atoms with E-state index in [-0.39, 0.29) is 29.6 Å². The van der Waals surface area contributed by atoms with Gasteiger partial charge in [-0.05, 0) is 42.4 Å². The molecular weight excluding hydrogens is 377 g/mol. The maximum absolute atomic E-state index is 12.8. The van der Waals surface area contributed by atoms with Crippen LogP contribution in [0.25, 0.3) is 0 Å². The van der Waals surface area contributed by atoms with Crippen molar-refractivity contribution >= 4 is 58.6 Å². The average Bonchev–Trinajstić information content (AvgIpc) is 2.70. The number of fused-ring (bicyclic) bond motifs is 1. The highest BCUT2D eigenvalue weighted by atomic mass is 35.6. The van der Waals surface area contributed by atoms with Gasteiger partial charge in [-0.1, -0.05) is 60.3 Å². The number of carbonyl (C=O) groups excluding carboxylic acids is 2.